The summed E-state index contributed by atoms with van der Waals surface area (Å²) in [6, 6.07) is 2.46. The lowest BCUT2D eigenvalue weighted by Gasteiger charge is -2.10. The summed E-state index contributed by atoms with van der Waals surface area (Å²) in [5, 5.41) is 7.88. The molecule has 5 heteroatoms. The van der Waals surface area contributed by atoms with E-state index in [0.717, 1.165) is 23.5 Å². The molecular weight excluding hydrogens is 250 g/mol. The average molecular weight is 273 g/mol. The Hall–Kier alpha value is -1.75. The zero-order chi connectivity index (χ0) is 14.7. The molecule has 0 bridgehead atoms. The van der Waals surface area contributed by atoms with Gasteiger partial charge in [0.2, 0.25) is 0 Å². The van der Waals surface area contributed by atoms with E-state index in [1.807, 2.05) is 25.4 Å². The van der Waals surface area contributed by atoms with Crippen LogP contribution in [0.4, 0.5) is 0 Å². The Labute approximate surface area is 120 Å². The molecule has 2 rings (SSSR count). The fourth-order valence-corrected chi connectivity index (χ4v) is 1.84. The first-order valence-corrected chi connectivity index (χ1v) is 7.09. The van der Waals surface area contributed by atoms with E-state index in [1.54, 1.807) is 4.68 Å². The molecule has 5 nitrogen and oxygen atoms in total. The number of nitrogens with zero attached hydrogens (tertiary/aromatic N) is 4. The van der Waals surface area contributed by atoms with Gasteiger partial charge in [0.15, 0.2) is 0 Å². The van der Waals surface area contributed by atoms with Crippen LogP contribution < -0.4 is 5.32 Å². The topological polar surface area (TPSA) is 55.6 Å². The molecule has 0 radical (unpaired) electrons. The number of hydrogen-bond acceptors (Lipinski definition) is 4. The molecule has 0 amide bonds. The van der Waals surface area contributed by atoms with Gasteiger partial charge in [-0.3, -0.25) is 0 Å². The van der Waals surface area contributed by atoms with Gasteiger partial charge in [0.25, 0.3) is 5.95 Å². The molecule has 0 spiro atoms. The zero-order valence-corrected chi connectivity index (χ0v) is 12.9. The van der Waals surface area contributed by atoms with E-state index >= 15 is 0 Å². The molecule has 1 N–H and O–H groups in total. The zero-order valence-electron chi connectivity index (χ0n) is 12.9. The van der Waals surface area contributed by atoms with Crippen molar-refractivity contribution in [3.63, 3.8) is 0 Å². The maximum absolute atomic E-state index is 4.54. The Balaban J connectivity index is 2.19. The van der Waals surface area contributed by atoms with Crippen LogP contribution in [-0.2, 0) is 6.54 Å². The van der Waals surface area contributed by atoms with Gasteiger partial charge in [-0.05, 0) is 18.9 Å². The summed E-state index contributed by atoms with van der Waals surface area (Å²) in [7, 11) is 0. The highest BCUT2D eigenvalue weighted by Crippen LogP contribution is 2.13. The molecule has 0 unspecified atom stereocenters. The molecule has 0 aliphatic heterocycles. The minimum atomic E-state index is 0.409. The van der Waals surface area contributed by atoms with Gasteiger partial charge >= 0.3 is 0 Å². The standard InChI is InChI=1S/C15H23N5/c1-10(2)14-6-7-20(19-14)15-17-9-13(12(5)18-15)8-16-11(3)4/h6-7,9-11,16H,8H2,1-5H3. The number of rotatable bonds is 5. The molecule has 2 aromatic rings. The minimum Gasteiger partial charge on any atom is -0.310 e. The highest BCUT2D eigenvalue weighted by molar-refractivity contribution is 5.22. The van der Waals surface area contributed by atoms with Crippen LogP contribution >= 0.6 is 0 Å². The molecule has 2 heterocycles. The van der Waals surface area contributed by atoms with Crippen LogP contribution in [0.1, 0.15) is 50.6 Å². The smallest absolute Gasteiger partial charge is 0.250 e. The molecule has 0 fully saturated rings. The lowest BCUT2D eigenvalue weighted by molar-refractivity contribution is 0.584. The monoisotopic (exact) mass is 273 g/mol. The van der Waals surface area contributed by atoms with Crippen LogP contribution in [0, 0.1) is 6.92 Å². The van der Waals surface area contributed by atoms with Crippen molar-refractivity contribution < 1.29 is 0 Å². The summed E-state index contributed by atoms with van der Waals surface area (Å²) in [4.78, 5) is 8.95. The maximum Gasteiger partial charge on any atom is 0.250 e. The summed E-state index contributed by atoms with van der Waals surface area (Å²) >= 11 is 0. The highest BCUT2D eigenvalue weighted by atomic mass is 15.3. The quantitative estimate of drug-likeness (QED) is 0.909. The van der Waals surface area contributed by atoms with Gasteiger partial charge in [-0.15, -0.1) is 0 Å². The molecule has 0 aliphatic carbocycles. The van der Waals surface area contributed by atoms with Gasteiger partial charge in [-0.1, -0.05) is 27.7 Å². The molecule has 0 atom stereocenters. The molecule has 108 valence electrons. The van der Waals surface area contributed by atoms with E-state index in [4.69, 9.17) is 0 Å². The van der Waals surface area contributed by atoms with Crippen LogP contribution in [0.3, 0.4) is 0 Å². The van der Waals surface area contributed by atoms with E-state index in [0.29, 0.717) is 17.9 Å². The molecule has 0 saturated heterocycles. The molecule has 0 saturated carbocycles. The fraction of sp³-hybridized carbons (Fsp3) is 0.533. The van der Waals surface area contributed by atoms with E-state index < -0.39 is 0 Å². The first-order valence-electron chi connectivity index (χ1n) is 7.09. The molecule has 2 aromatic heterocycles. The first-order chi connectivity index (χ1) is 9.47. The largest absolute Gasteiger partial charge is 0.310 e. The molecule has 20 heavy (non-hydrogen) atoms. The lowest BCUT2D eigenvalue weighted by atomic mass is 10.1. The van der Waals surface area contributed by atoms with Crippen molar-refractivity contribution in [2.45, 2.75) is 53.1 Å². The van der Waals surface area contributed by atoms with E-state index in [1.165, 1.54) is 0 Å². The van der Waals surface area contributed by atoms with Gasteiger partial charge in [0, 0.05) is 36.2 Å². The normalized spacial score (nSPS) is 11.6. The second-order valence-corrected chi connectivity index (χ2v) is 5.66. The number of aryl methyl sites for hydroxylation is 1. The predicted octanol–water partition coefficient (Wildman–Crippen LogP) is 2.59. The molecule has 0 aromatic carbocycles. The van der Waals surface area contributed by atoms with Crippen molar-refractivity contribution in [1.82, 2.24) is 25.1 Å². The predicted molar refractivity (Wildman–Crippen MR) is 80.0 cm³/mol. The van der Waals surface area contributed by atoms with E-state index in [9.17, 15) is 0 Å². The van der Waals surface area contributed by atoms with Gasteiger partial charge in [0.05, 0.1) is 5.69 Å². The highest BCUT2D eigenvalue weighted by Gasteiger charge is 2.09. The summed E-state index contributed by atoms with van der Waals surface area (Å²) < 4.78 is 1.74. The Morgan fingerprint density at radius 3 is 2.55 bits per heavy atom. The van der Waals surface area contributed by atoms with Crippen LogP contribution in [0.2, 0.25) is 0 Å². The number of aromatic nitrogens is 4. The molecular formula is C15H23N5. The SMILES string of the molecule is Cc1nc(-n2ccc(C(C)C)n2)ncc1CNC(C)C. The van der Waals surface area contributed by atoms with Crippen molar-refractivity contribution in [3.8, 4) is 5.95 Å². The third-order valence-electron chi connectivity index (χ3n) is 3.18. The van der Waals surface area contributed by atoms with Gasteiger partial charge < -0.3 is 5.32 Å². The van der Waals surface area contributed by atoms with Crippen LogP contribution in [0.15, 0.2) is 18.5 Å². The number of nitrogens with one attached hydrogen (secondary N) is 1. The van der Waals surface area contributed by atoms with Crippen LogP contribution in [-0.4, -0.2) is 25.8 Å². The molecule has 0 aliphatic rings. The Kier molecular flexibility index (Phi) is 4.49. The van der Waals surface area contributed by atoms with Gasteiger partial charge in [0.1, 0.15) is 0 Å². The van der Waals surface area contributed by atoms with Gasteiger partial charge in [-0.2, -0.15) is 5.10 Å². The Morgan fingerprint density at radius 1 is 1.25 bits per heavy atom. The summed E-state index contributed by atoms with van der Waals surface area (Å²) in [5.74, 6) is 1.04. The third kappa shape index (κ3) is 3.42. The van der Waals surface area contributed by atoms with Crippen molar-refractivity contribution in [1.29, 1.82) is 0 Å². The summed E-state index contributed by atoms with van der Waals surface area (Å²) in [6.45, 7) is 11.3. The maximum atomic E-state index is 4.54. The van der Waals surface area contributed by atoms with Crippen LogP contribution in [0.5, 0.6) is 0 Å². The average Bonchev–Trinajstić information content (AvgIpc) is 2.86. The number of hydrogen-bond donors (Lipinski definition) is 1. The third-order valence-corrected chi connectivity index (χ3v) is 3.18. The fourth-order valence-electron chi connectivity index (χ4n) is 1.84. The van der Waals surface area contributed by atoms with Crippen molar-refractivity contribution in [2.75, 3.05) is 0 Å². The van der Waals surface area contributed by atoms with Crippen molar-refractivity contribution in [3.05, 3.63) is 35.4 Å². The summed E-state index contributed by atoms with van der Waals surface area (Å²) in [6.07, 6.45) is 3.79. The minimum absolute atomic E-state index is 0.409. The Morgan fingerprint density at radius 2 is 2.00 bits per heavy atom. The van der Waals surface area contributed by atoms with Crippen molar-refractivity contribution >= 4 is 0 Å². The van der Waals surface area contributed by atoms with Crippen LogP contribution in [0.25, 0.3) is 5.95 Å². The second-order valence-electron chi connectivity index (χ2n) is 5.66. The first kappa shape index (κ1) is 14.7. The lowest BCUT2D eigenvalue weighted by Crippen LogP contribution is -2.22. The Bertz CT molecular complexity index is 571. The van der Waals surface area contributed by atoms with E-state index in [-0.39, 0.29) is 0 Å². The van der Waals surface area contributed by atoms with Gasteiger partial charge in [-0.25, -0.2) is 14.6 Å². The van der Waals surface area contributed by atoms with E-state index in [2.05, 4.69) is 48.1 Å². The second kappa shape index (κ2) is 6.13. The summed E-state index contributed by atoms with van der Waals surface area (Å²) in [5.41, 5.74) is 3.17. The van der Waals surface area contributed by atoms with Crippen molar-refractivity contribution in [2.24, 2.45) is 0 Å².